The van der Waals surface area contributed by atoms with Gasteiger partial charge in [0.2, 0.25) is 0 Å². The van der Waals surface area contributed by atoms with Gasteiger partial charge in [-0.15, -0.1) is 0 Å². The first kappa shape index (κ1) is 19.6. The largest absolute Gasteiger partial charge is 0.472 e. The summed E-state index contributed by atoms with van der Waals surface area (Å²) >= 11 is 0. The lowest BCUT2D eigenvalue weighted by Crippen LogP contribution is -2.70. The fourth-order valence-corrected chi connectivity index (χ4v) is 9.54. The van der Waals surface area contributed by atoms with Crippen molar-refractivity contribution in [2.45, 2.75) is 84.0 Å². The molecule has 1 aromatic heterocycles. The lowest BCUT2D eigenvalue weighted by Gasteiger charge is -2.68. The fraction of sp³-hybridized carbons (Fsp3) is 0.769. The highest BCUT2D eigenvalue weighted by Gasteiger charge is 2.74. The lowest BCUT2D eigenvalue weighted by atomic mass is 9.36. The van der Waals surface area contributed by atoms with Gasteiger partial charge in [0, 0.05) is 16.7 Å². The molecule has 30 heavy (non-hydrogen) atoms. The van der Waals surface area contributed by atoms with Crippen LogP contribution in [0.15, 0.2) is 34.7 Å². The Hall–Kier alpha value is -1.10. The van der Waals surface area contributed by atoms with Gasteiger partial charge >= 0.3 is 0 Å². The summed E-state index contributed by atoms with van der Waals surface area (Å²) in [6.45, 7) is 10.0. The smallest absolute Gasteiger partial charge is 0.0937 e. The van der Waals surface area contributed by atoms with E-state index in [1.165, 1.54) is 11.1 Å². The standard InChI is InChI=1S/C26H36O4/c1-23-10-8-19(27)26(4)18-7-11-24(2)16(15-9-12-29-13-15)5-6-17(24)25(18,3)22(28)20(21(23)26)30-14-23/h6,9,12-13,16,18-22,27-28H,5,7-8,10-11,14H2,1-4H3/t16-,18-,19?,20+,21-,22+,23-,24-,25-,26-/m0/s1. The van der Waals surface area contributed by atoms with E-state index in [0.717, 1.165) is 32.1 Å². The summed E-state index contributed by atoms with van der Waals surface area (Å²) in [5.41, 5.74) is 2.15. The maximum Gasteiger partial charge on any atom is 0.0937 e. The average molecular weight is 413 g/mol. The van der Waals surface area contributed by atoms with Crippen LogP contribution >= 0.6 is 0 Å². The van der Waals surface area contributed by atoms with E-state index in [2.05, 4.69) is 39.8 Å². The van der Waals surface area contributed by atoms with Crippen molar-refractivity contribution in [1.29, 1.82) is 0 Å². The van der Waals surface area contributed by atoms with Crippen molar-refractivity contribution >= 4 is 0 Å². The Labute approximate surface area is 179 Å². The van der Waals surface area contributed by atoms with E-state index < -0.39 is 6.10 Å². The number of furan rings is 1. The number of allylic oxidation sites excluding steroid dienone is 1. The molecule has 6 rings (SSSR count). The van der Waals surface area contributed by atoms with Gasteiger partial charge in [0.1, 0.15) is 0 Å². The summed E-state index contributed by atoms with van der Waals surface area (Å²) in [7, 11) is 0. The molecule has 2 heterocycles. The number of fused-ring (bicyclic) bond motifs is 4. The molecule has 4 nitrogen and oxygen atoms in total. The quantitative estimate of drug-likeness (QED) is 0.658. The Balaban J connectivity index is 1.49. The van der Waals surface area contributed by atoms with Crippen molar-refractivity contribution in [3.05, 3.63) is 35.8 Å². The zero-order valence-corrected chi connectivity index (χ0v) is 18.7. The normalized spacial score (nSPS) is 56.8. The van der Waals surface area contributed by atoms with E-state index in [1.54, 1.807) is 6.26 Å². The van der Waals surface area contributed by atoms with Crippen molar-refractivity contribution in [2.24, 2.45) is 33.5 Å². The van der Waals surface area contributed by atoms with Gasteiger partial charge < -0.3 is 19.4 Å². The third-order valence-electron chi connectivity index (χ3n) is 10.9. The second-order valence-corrected chi connectivity index (χ2v) is 12.0. The summed E-state index contributed by atoms with van der Waals surface area (Å²) in [5.74, 6) is 0.880. The predicted molar refractivity (Wildman–Crippen MR) is 114 cm³/mol. The maximum absolute atomic E-state index is 11.9. The lowest BCUT2D eigenvalue weighted by molar-refractivity contribution is -0.240. The van der Waals surface area contributed by atoms with Gasteiger partial charge in [0.05, 0.1) is 37.4 Å². The molecule has 3 saturated carbocycles. The molecular weight excluding hydrogens is 376 g/mol. The minimum Gasteiger partial charge on any atom is -0.472 e. The van der Waals surface area contributed by atoms with Crippen LogP contribution in [0.2, 0.25) is 0 Å². The van der Waals surface area contributed by atoms with E-state index in [9.17, 15) is 10.2 Å². The van der Waals surface area contributed by atoms with E-state index >= 15 is 0 Å². The van der Waals surface area contributed by atoms with Crippen molar-refractivity contribution in [3.8, 4) is 0 Å². The number of ether oxygens (including phenoxy) is 1. The molecular formula is C26H36O4. The van der Waals surface area contributed by atoms with Crippen LogP contribution in [0, 0.1) is 33.5 Å². The topological polar surface area (TPSA) is 62.8 Å². The van der Waals surface area contributed by atoms with Crippen LogP contribution in [0.3, 0.4) is 0 Å². The predicted octanol–water partition coefficient (Wildman–Crippen LogP) is 4.67. The highest BCUT2D eigenvalue weighted by atomic mass is 16.5. The minimum absolute atomic E-state index is 0.0147. The minimum atomic E-state index is -0.526. The van der Waals surface area contributed by atoms with E-state index in [0.29, 0.717) is 12.5 Å². The number of aliphatic hydroxyl groups excluding tert-OH is 2. The third kappa shape index (κ3) is 2.00. The molecule has 0 radical (unpaired) electrons. The first-order valence-electron chi connectivity index (χ1n) is 11.9. The molecule has 1 aliphatic heterocycles. The monoisotopic (exact) mass is 412 g/mol. The summed E-state index contributed by atoms with van der Waals surface area (Å²) in [4.78, 5) is 0. The Morgan fingerprint density at radius 3 is 2.60 bits per heavy atom. The van der Waals surface area contributed by atoms with Crippen LogP contribution in [-0.2, 0) is 4.74 Å². The molecule has 2 N–H and O–H groups in total. The van der Waals surface area contributed by atoms with Crippen molar-refractivity contribution in [3.63, 3.8) is 0 Å². The van der Waals surface area contributed by atoms with Crippen LogP contribution in [-0.4, -0.2) is 35.1 Å². The van der Waals surface area contributed by atoms with Gasteiger partial charge in [-0.25, -0.2) is 0 Å². The number of hydrogen-bond acceptors (Lipinski definition) is 4. The van der Waals surface area contributed by atoms with Crippen molar-refractivity contribution in [2.75, 3.05) is 6.61 Å². The number of hydrogen-bond donors (Lipinski definition) is 2. The van der Waals surface area contributed by atoms with Gasteiger partial charge in [-0.05, 0) is 66.4 Å². The molecule has 1 saturated heterocycles. The average Bonchev–Trinajstić information content (AvgIpc) is 3.41. The molecule has 164 valence electrons. The number of rotatable bonds is 1. The molecule has 4 fully saturated rings. The molecule has 0 bridgehead atoms. The van der Waals surface area contributed by atoms with Crippen molar-refractivity contribution < 1.29 is 19.4 Å². The molecule has 0 amide bonds. The SMILES string of the molecule is C[C@@]12CCC(O)[C@@]3(C)[C@H]1[C@@H](OC2)[C@@H](O)[C@@]1(C)C2=CC[C@@H](c4ccoc4)[C@]2(C)CC[C@@H]13. The molecule has 0 aromatic carbocycles. The van der Waals surface area contributed by atoms with Gasteiger partial charge in [-0.2, -0.15) is 0 Å². The first-order valence-corrected chi connectivity index (χ1v) is 11.9. The molecule has 4 aliphatic carbocycles. The zero-order valence-electron chi connectivity index (χ0n) is 18.7. The van der Waals surface area contributed by atoms with E-state index in [4.69, 9.17) is 9.15 Å². The van der Waals surface area contributed by atoms with Crippen LogP contribution in [0.25, 0.3) is 0 Å². The molecule has 10 atom stereocenters. The van der Waals surface area contributed by atoms with Crippen molar-refractivity contribution in [1.82, 2.24) is 0 Å². The Kier molecular flexibility index (Phi) is 3.80. The zero-order chi connectivity index (χ0) is 21.1. The van der Waals surface area contributed by atoms with Crippen LogP contribution in [0.4, 0.5) is 0 Å². The van der Waals surface area contributed by atoms with Gasteiger partial charge in [-0.1, -0.05) is 39.3 Å². The van der Waals surface area contributed by atoms with Gasteiger partial charge in [0.25, 0.3) is 0 Å². The fourth-order valence-electron chi connectivity index (χ4n) is 9.54. The van der Waals surface area contributed by atoms with Crippen LogP contribution < -0.4 is 0 Å². The van der Waals surface area contributed by atoms with E-state index in [-0.39, 0.29) is 45.7 Å². The Bertz CT molecular complexity index is 891. The van der Waals surface area contributed by atoms with Crippen LogP contribution in [0.5, 0.6) is 0 Å². The van der Waals surface area contributed by atoms with Gasteiger partial charge in [-0.3, -0.25) is 0 Å². The maximum atomic E-state index is 11.9. The van der Waals surface area contributed by atoms with Gasteiger partial charge in [0.15, 0.2) is 0 Å². The molecule has 4 heteroatoms. The second-order valence-electron chi connectivity index (χ2n) is 12.0. The molecule has 1 unspecified atom stereocenters. The highest BCUT2D eigenvalue weighted by Crippen LogP contribution is 2.75. The highest BCUT2D eigenvalue weighted by molar-refractivity contribution is 5.41. The Morgan fingerprint density at radius 2 is 1.87 bits per heavy atom. The summed E-state index contributed by atoms with van der Waals surface area (Å²) in [6.07, 6.45) is 10.0. The van der Waals surface area contributed by atoms with E-state index in [1.807, 2.05) is 6.26 Å². The summed E-state index contributed by atoms with van der Waals surface area (Å²) in [5, 5.41) is 23.3. The third-order valence-corrected chi connectivity index (χ3v) is 10.9. The number of aliphatic hydroxyl groups is 2. The van der Waals surface area contributed by atoms with Crippen LogP contribution in [0.1, 0.15) is 71.3 Å². The first-order chi connectivity index (χ1) is 14.2. The molecule has 1 aromatic rings. The summed E-state index contributed by atoms with van der Waals surface area (Å²) in [6, 6.07) is 2.10. The molecule has 5 aliphatic rings. The Morgan fingerprint density at radius 1 is 1.07 bits per heavy atom. The molecule has 0 spiro atoms. The summed E-state index contributed by atoms with van der Waals surface area (Å²) < 4.78 is 11.8. The second kappa shape index (κ2) is 5.82.